The summed E-state index contributed by atoms with van der Waals surface area (Å²) in [7, 11) is -13.8. The van der Waals surface area contributed by atoms with Crippen LogP contribution in [0.3, 0.4) is 0 Å². The van der Waals surface area contributed by atoms with Gasteiger partial charge in [-0.1, -0.05) is 0 Å². The van der Waals surface area contributed by atoms with E-state index in [0.717, 1.165) is 36.9 Å². The molecule has 4 aromatic heterocycles. The van der Waals surface area contributed by atoms with Gasteiger partial charge in [-0.2, -0.15) is 0 Å². The Hall–Kier alpha value is -5.32. The molecule has 0 spiro atoms. The minimum absolute atomic E-state index is 0.0696. The second-order valence-corrected chi connectivity index (χ2v) is 24.1. The molecule has 4 aliphatic rings. The van der Waals surface area contributed by atoms with Crippen molar-refractivity contribution in [2.45, 2.75) is 97.7 Å². The number of ether oxygens (including phenoxy) is 4. The van der Waals surface area contributed by atoms with E-state index in [0.29, 0.717) is 0 Å². The number of aliphatic hydroxyl groups is 8. The molecule has 0 aliphatic carbocycles. The molecule has 88 heavy (non-hydrogen) atoms. The SMILES string of the molecule is Cn1c(=O)[nH]cc([C@@H]2O[C@H](COP(=O)(O)O)C(O)[C@H]2O)c1=O.Cn1cc([C@@H]2O[C@H](COP(=O)(O)O)C(O)[C@H]2O)c(=O)[nH]c1=O.Cn1cc([C@@H]2O[C@H](COP(=O)(O)O)C(O)[C@H]2O)c(=O)n(C)c1=O.O=c1[nH]cc([C@@H]2O[C@H](COP(=O)(O)O)C(O)[C@H]2O)c(=O)[nH]1. The van der Waals surface area contributed by atoms with E-state index < -0.39 is 200 Å². The third-order valence-electron chi connectivity index (χ3n) is 13.0. The van der Waals surface area contributed by atoms with Crippen LogP contribution in [0.2, 0.25) is 0 Å². The lowest BCUT2D eigenvalue weighted by Gasteiger charge is -2.16. The maximum absolute atomic E-state index is 12.1. The van der Waals surface area contributed by atoms with Gasteiger partial charge in [-0.05, 0) is 0 Å². The molecule has 0 saturated carbocycles. The number of aromatic nitrogens is 8. The van der Waals surface area contributed by atoms with E-state index in [2.05, 4.69) is 28.1 Å². The number of rotatable bonds is 16. The molecular formula is C40H60N8O36P4. The minimum Gasteiger partial charge on any atom is -0.387 e. The van der Waals surface area contributed by atoms with Gasteiger partial charge in [-0.15, -0.1) is 0 Å². The number of nitrogens with one attached hydrogen (secondary N) is 4. The molecule has 0 aromatic carbocycles. The summed E-state index contributed by atoms with van der Waals surface area (Å²) >= 11 is 0. The molecule has 0 radical (unpaired) electrons. The highest BCUT2D eigenvalue weighted by Gasteiger charge is 2.49. The molecule has 8 rings (SSSR count). The molecule has 4 aromatic rings. The molecule has 496 valence electrons. The Bertz CT molecular complexity index is 3750. The highest BCUT2D eigenvalue weighted by molar-refractivity contribution is 7.47. The topological polar surface area (TPSA) is 685 Å². The number of aromatic amines is 4. The molecule has 44 nitrogen and oxygen atoms in total. The average molecular weight is 1350 g/mol. The summed E-state index contributed by atoms with van der Waals surface area (Å²) in [6.45, 7) is -2.71. The molecule has 8 heterocycles. The van der Waals surface area contributed by atoms with Crippen molar-refractivity contribution in [3.63, 3.8) is 0 Å². The number of hydrogen-bond donors (Lipinski definition) is 20. The summed E-state index contributed by atoms with van der Waals surface area (Å²) in [5.74, 6) is 0. The first-order valence-electron chi connectivity index (χ1n) is 24.5. The van der Waals surface area contributed by atoms with Crippen LogP contribution in [0.25, 0.3) is 0 Å². The van der Waals surface area contributed by atoms with Crippen molar-refractivity contribution in [1.82, 2.24) is 38.2 Å². The van der Waals surface area contributed by atoms with Gasteiger partial charge in [0, 0.05) is 53.0 Å². The summed E-state index contributed by atoms with van der Waals surface area (Å²) in [6, 6.07) is 0. The first-order chi connectivity index (χ1) is 40.4. The van der Waals surface area contributed by atoms with Crippen LogP contribution < -0.4 is 45.0 Å². The van der Waals surface area contributed by atoms with E-state index in [1.54, 1.807) is 0 Å². The number of aliphatic hydroxyl groups excluding tert-OH is 8. The smallest absolute Gasteiger partial charge is 0.387 e. The molecule has 0 bridgehead atoms. The Labute approximate surface area is 486 Å². The van der Waals surface area contributed by atoms with E-state index in [-0.39, 0.29) is 22.3 Å². The third kappa shape index (κ3) is 18.9. The number of phosphoric ester groups is 4. The van der Waals surface area contributed by atoms with Gasteiger partial charge in [0.25, 0.3) is 22.2 Å². The number of nitrogens with zero attached hydrogens (tertiary/aromatic N) is 4. The van der Waals surface area contributed by atoms with Crippen LogP contribution in [-0.2, 0) is 83.5 Å². The zero-order chi connectivity index (χ0) is 66.6. The van der Waals surface area contributed by atoms with Crippen molar-refractivity contribution in [3.8, 4) is 0 Å². The fraction of sp³-hybridized carbons (Fsp3) is 0.600. The van der Waals surface area contributed by atoms with Crippen molar-refractivity contribution < 1.29 is 135 Å². The van der Waals surface area contributed by atoms with Crippen LogP contribution in [0.4, 0.5) is 0 Å². The normalized spacial score (nSPS) is 29.0. The molecule has 0 amide bonds. The van der Waals surface area contributed by atoms with Crippen molar-refractivity contribution in [2.24, 2.45) is 28.2 Å². The highest BCUT2D eigenvalue weighted by atomic mass is 31.2. The molecular weight excluding hydrogens is 1290 g/mol. The zero-order valence-corrected chi connectivity index (χ0v) is 48.9. The fourth-order valence-electron chi connectivity index (χ4n) is 8.49. The van der Waals surface area contributed by atoms with Crippen molar-refractivity contribution in [3.05, 3.63) is 130 Å². The van der Waals surface area contributed by atoms with Gasteiger partial charge in [0.1, 0.15) is 97.7 Å². The van der Waals surface area contributed by atoms with Gasteiger partial charge in [-0.25, -0.2) is 37.4 Å². The lowest BCUT2D eigenvalue weighted by Crippen LogP contribution is -2.40. The maximum Gasteiger partial charge on any atom is 0.469 e. The molecule has 4 saturated heterocycles. The molecule has 16 atom stereocenters. The van der Waals surface area contributed by atoms with Gasteiger partial charge in [-0.3, -0.25) is 56.4 Å². The predicted octanol–water partition coefficient (Wildman–Crippen LogP) is -10.6. The van der Waals surface area contributed by atoms with Crippen LogP contribution in [0.5, 0.6) is 0 Å². The second-order valence-electron chi connectivity index (χ2n) is 19.2. The lowest BCUT2D eigenvalue weighted by atomic mass is 10.0. The van der Waals surface area contributed by atoms with Gasteiger partial charge in [0.05, 0.1) is 48.7 Å². The largest absolute Gasteiger partial charge is 0.469 e. The van der Waals surface area contributed by atoms with E-state index >= 15 is 0 Å². The summed E-state index contributed by atoms with van der Waals surface area (Å²) in [4.78, 5) is 170. The van der Waals surface area contributed by atoms with Crippen LogP contribution >= 0.6 is 31.3 Å². The zero-order valence-electron chi connectivity index (χ0n) is 45.3. The maximum atomic E-state index is 12.1. The number of hydrogen-bond acceptors (Lipinski definition) is 28. The Balaban J connectivity index is 0.000000214. The third-order valence-corrected chi connectivity index (χ3v) is 14.9. The van der Waals surface area contributed by atoms with Gasteiger partial charge in [0.2, 0.25) is 0 Å². The van der Waals surface area contributed by atoms with Crippen LogP contribution in [0, 0.1) is 0 Å². The van der Waals surface area contributed by atoms with Gasteiger partial charge < -0.3 is 118 Å². The molecule has 48 heteroatoms. The monoisotopic (exact) mass is 1350 g/mol. The first-order valence-corrected chi connectivity index (χ1v) is 30.6. The molecule has 20 N–H and O–H groups in total. The Morgan fingerprint density at radius 3 is 1.10 bits per heavy atom. The summed E-state index contributed by atoms with van der Waals surface area (Å²) in [5, 5.41) is 79.0. The number of H-pyrrole nitrogens is 4. The second kappa shape index (κ2) is 29.3. The molecule has 4 unspecified atom stereocenters. The van der Waals surface area contributed by atoms with Crippen molar-refractivity contribution in [2.75, 3.05) is 26.4 Å². The van der Waals surface area contributed by atoms with Crippen molar-refractivity contribution in [1.29, 1.82) is 0 Å². The van der Waals surface area contributed by atoms with Crippen LogP contribution in [0.1, 0.15) is 46.7 Å². The quantitative estimate of drug-likeness (QED) is 0.0463. The summed E-state index contributed by atoms with van der Waals surface area (Å²) in [5.41, 5.74) is -6.11. The standard InChI is InChI=1S/C11H17N2O9P.2C10H15N2O9P.C9H13N2O9P/c1-12-3-5(10(16)13(2)11(12)17)9-8(15)7(14)6(22-9)4-21-23(18,19)20;1-12-2-4(9(15)11-10(12)16)8-7(14)6(13)5(21-8)3-20-22(17,18)19;1-12-9(15)4(2-11-10(12)16)8-7(14)6(13)5(21-8)3-20-22(17,18)19;12-5-4(2-19-21(16,17)18)20-7(6(5)13)3-1-10-9(15)11-8(3)14/h3,6-9,14-15H,4H2,1-2H3,(H2,18,19,20);2,5-8,13-14H,3H2,1H3,(H,11,15,16)(H2,17,18,19);2,5-8,13-14H,3H2,1H3,(H,11,16)(H2,17,18,19);1,4-7,12-13H,2H2,(H2,16,17,18)(H2,10,11,14,15)/t6-,7?,8-,9+;2*5-,6?,7-,8+;4-,5?,6-,7+/m1111/s1. The molecule has 4 fully saturated rings. The van der Waals surface area contributed by atoms with Crippen LogP contribution in [0.15, 0.2) is 63.1 Å². The Morgan fingerprint density at radius 2 is 0.727 bits per heavy atom. The lowest BCUT2D eigenvalue weighted by molar-refractivity contribution is -0.0230. The summed E-state index contributed by atoms with van der Waals surface area (Å²) in [6.07, 6.45) is -17.8. The van der Waals surface area contributed by atoms with E-state index in [4.69, 9.17) is 58.1 Å². The predicted molar refractivity (Wildman–Crippen MR) is 280 cm³/mol. The fourth-order valence-corrected chi connectivity index (χ4v) is 9.86. The average Bonchev–Trinajstić information content (AvgIpc) is 1.88. The minimum atomic E-state index is -4.77. The van der Waals surface area contributed by atoms with Gasteiger partial charge >= 0.3 is 54.0 Å². The molecule has 4 aliphatic heterocycles. The number of aryl methyl sites for hydroxylation is 2. The van der Waals surface area contributed by atoms with E-state index in [9.17, 15) is 97.5 Å². The summed E-state index contributed by atoms with van der Waals surface area (Å²) < 4.78 is 84.1. The van der Waals surface area contributed by atoms with Gasteiger partial charge in [0.15, 0.2) is 0 Å². The van der Waals surface area contributed by atoms with E-state index in [1.807, 2.05) is 9.97 Å². The highest BCUT2D eigenvalue weighted by Crippen LogP contribution is 2.42. The van der Waals surface area contributed by atoms with Crippen LogP contribution in [-0.4, -0.2) is 218 Å². The van der Waals surface area contributed by atoms with Crippen molar-refractivity contribution >= 4 is 31.3 Å². The Kier molecular flexibility index (Phi) is 24.5. The van der Waals surface area contributed by atoms with E-state index in [1.165, 1.54) is 34.4 Å². The Morgan fingerprint density at radius 1 is 0.409 bits per heavy atom. The first kappa shape index (κ1) is 73.4. The number of phosphoric acid groups is 4.